The Morgan fingerprint density at radius 1 is 1.20 bits per heavy atom. The fourth-order valence-electron chi connectivity index (χ4n) is 4.81. The lowest BCUT2D eigenvalue weighted by molar-refractivity contribution is -0.132. The van der Waals surface area contributed by atoms with Gasteiger partial charge in [-0.1, -0.05) is 49.4 Å². The Morgan fingerprint density at radius 2 is 2.00 bits per heavy atom. The van der Waals surface area contributed by atoms with E-state index < -0.39 is 12.1 Å². The number of epoxide rings is 1. The molecule has 0 saturated carbocycles. The number of esters is 1. The first kappa shape index (κ1) is 25.6. The van der Waals surface area contributed by atoms with Crippen molar-refractivity contribution in [3.05, 3.63) is 69.9 Å². The number of carbonyl (C=O) groups excluding carboxylic acids is 2. The maximum absolute atomic E-state index is 14.2. The molecule has 35 heavy (non-hydrogen) atoms. The van der Waals surface area contributed by atoms with Crippen LogP contribution in [0.1, 0.15) is 52.7 Å². The number of likely N-dealkylation sites (tertiary alicyclic amines) is 1. The standard InChI is InChI=1S/C28H34FNO4S/c1-19(8-6-11-20-9-4-3-5-10-20)26-24(34-26)15-13-21-18-23(29)27(31)30(21)17-7-12-22-14-16-25(35-22)28(32)33-2/h3-5,9-10,13-16,19,21,23-24,26H,6-8,11-12,17-18H2,1-2H3. The predicted molar refractivity (Wildman–Crippen MR) is 135 cm³/mol. The maximum Gasteiger partial charge on any atom is 0.348 e. The minimum Gasteiger partial charge on any atom is -0.465 e. The average Bonchev–Trinajstić information content (AvgIpc) is 3.41. The van der Waals surface area contributed by atoms with Crippen molar-refractivity contribution < 1.29 is 23.5 Å². The molecule has 2 aliphatic heterocycles. The highest BCUT2D eigenvalue weighted by atomic mass is 32.1. The lowest BCUT2D eigenvalue weighted by Crippen LogP contribution is -2.34. The molecule has 188 valence electrons. The predicted octanol–water partition coefficient (Wildman–Crippen LogP) is 5.39. The van der Waals surface area contributed by atoms with Crippen molar-refractivity contribution in [3.63, 3.8) is 0 Å². The normalized spacial score (nSPS) is 24.8. The van der Waals surface area contributed by atoms with E-state index in [0.29, 0.717) is 23.8 Å². The molecule has 5 atom stereocenters. The van der Waals surface area contributed by atoms with Gasteiger partial charge in [-0.05, 0) is 55.7 Å². The number of halogens is 1. The van der Waals surface area contributed by atoms with Crippen molar-refractivity contribution in [1.82, 2.24) is 4.90 Å². The van der Waals surface area contributed by atoms with E-state index in [2.05, 4.69) is 31.2 Å². The molecule has 2 aliphatic rings. The Hall–Kier alpha value is -2.51. The fraction of sp³-hybridized carbons (Fsp3) is 0.500. The maximum atomic E-state index is 14.2. The van der Waals surface area contributed by atoms with Gasteiger partial charge in [-0.15, -0.1) is 11.3 Å². The van der Waals surface area contributed by atoms with Crippen LogP contribution in [-0.4, -0.2) is 54.9 Å². The third-order valence-electron chi connectivity index (χ3n) is 6.88. The van der Waals surface area contributed by atoms with E-state index in [1.54, 1.807) is 11.0 Å². The number of aryl methyl sites for hydroxylation is 2. The van der Waals surface area contributed by atoms with Crippen molar-refractivity contribution in [2.75, 3.05) is 13.7 Å². The number of amides is 1. The van der Waals surface area contributed by atoms with Crippen LogP contribution >= 0.6 is 11.3 Å². The first-order chi connectivity index (χ1) is 17.0. The minimum atomic E-state index is -1.44. The van der Waals surface area contributed by atoms with Gasteiger partial charge >= 0.3 is 5.97 Å². The van der Waals surface area contributed by atoms with Gasteiger partial charge < -0.3 is 14.4 Å². The summed E-state index contributed by atoms with van der Waals surface area (Å²) in [7, 11) is 1.36. The Bertz CT molecular complexity index is 1020. The number of carbonyl (C=O) groups is 2. The van der Waals surface area contributed by atoms with Gasteiger partial charge in [0.1, 0.15) is 11.0 Å². The molecular weight excluding hydrogens is 465 g/mol. The molecule has 2 aromatic rings. The van der Waals surface area contributed by atoms with Crippen molar-refractivity contribution in [2.45, 2.75) is 69.9 Å². The van der Waals surface area contributed by atoms with E-state index in [-0.39, 0.29) is 30.6 Å². The van der Waals surface area contributed by atoms with Gasteiger partial charge in [0.2, 0.25) is 0 Å². The van der Waals surface area contributed by atoms with Crippen LogP contribution in [0, 0.1) is 5.92 Å². The quantitative estimate of drug-likeness (QED) is 0.223. The molecule has 4 rings (SSSR count). The zero-order valence-corrected chi connectivity index (χ0v) is 21.2. The van der Waals surface area contributed by atoms with Crippen LogP contribution in [-0.2, 0) is 27.1 Å². The van der Waals surface area contributed by atoms with Gasteiger partial charge in [0.25, 0.3) is 5.91 Å². The summed E-state index contributed by atoms with van der Waals surface area (Å²) in [5.41, 5.74) is 1.36. The molecule has 0 radical (unpaired) electrons. The number of hydrogen-bond donors (Lipinski definition) is 0. The van der Waals surface area contributed by atoms with Crippen molar-refractivity contribution in [1.29, 1.82) is 0 Å². The number of alkyl halides is 1. The van der Waals surface area contributed by atoms with E-state index in [0.717, 1.165) is 30.6 Å². The molecule has 0 spiro atoms. The first-order valence-corrected chi connectivity index (χ1v) is 13.3. The number of ether oxygens (including phenoxy) is 2. The van der Waals surface area contributed by atoms with Crippen molar-refractivity contribution in [3.8, 4) is 0 Å². The first-order valence-electron chi connectivity index (χ1n) is 12.5. The smallest absolute Gasteiger partial charge is 0.348 e. The highest BCUT2D eigenvalue weighted by Gasteiger charge is 2.42. The SMILES string of the molecule is COC(=O)c1ccc(CCCN2C(=O)C(F)CC2C=CC2OC2C(C)CCCc2ccccc2)s1. The molecular formula is C28H34FNO4S. The van der Waals surface area contributed by atoms with Crippen LogP contribution in [0.2, 0.25) is 0 Å². The summed E-state index contributed by atoms with van der Waals surface area (Å²) in [5.74, 6) is -0.305. The van der Waals surface area contributed by atoms with Crippen LogP contribution in [0.15, 0.2) is 54.6 Å². The number of hydrogen-bond acceptors (Lipinski definition) is 5. The second kappa shape index (κ2) is 12.0. The van der Waals surface area contributed by atoms with Crippen molar-refractivity contribution in [2.24, 2.45) is 5.92 Å². The zero-order chi connectivity index (χ0) is 24.8. The number of nitrogens with zero attached hydrogens (tertiary/aromatic N) is 1. The molecule has 5 unspecified atom stereocenters. The van der Waals surface area contributed by atoms with Crippen LogP contribution in [0.25, 0.3) is 0 Å². The fourth-order valence-corrected chi connectivity index (χ4v) is 5.78. The van der Waals surface area contributed by atoms with Crippen LogP contribution < -0.4 is 0 Å². The van der Waals surface area contributed by atoms with Gasteiger partial charge in [-0.25, -0.2) is 9.18 Å². The topological polar surface area (TPSA) is 59.1 Å². The summed E-state index contributed by atoms with van der Waals surface area (Å²) in [5, 5.41) is 0. The second-order valence-electron chi connectivity index (χ2n) is 9.47. The minimum absolute atomic E-state index is 0.0557. The number of thiophene rings is 1. The molecule has 1 aromatic carbocycles. The monoisotopic (exact) mass is 499 g/mol. The molecule has 3 heterocycles. The number of rotatable bonds is 12. The van der Waals surface area contributed by atoms with Gasteiger partial charge in [0.15, 0.2) is 6.17 Å². The molecule has 7 heteroatoms. The third kappa shape index (κ3) is 6.79. The summed E-state index contributed by atoms with van der Waals surface area (Å²) in [6.45, 7) is 2.72. The number of methoxy groups -OCH3 is 1. The van der Waals surface area contributed by atoms with E-state index in [4.69, 9.17) is 9.47 Å². The summed E-state index contributed by atoms with van der Waals surface area (Å²) < 4.78 is 24.8. The second-order valence-corrected chi connectivity index (χ2v) is 10.6. The molecule has 1 aromatic heterocycles. The summed E-state index contributed by atoms with van der Waals surface area (Å²) in [6, 6.07) is 13.9. The molecule has 2 fully saturated rings. The Morgan fingerprint density at radius 3 is 2.77 bits per heavy atom. The summed E-state index contributed by atoms with van der Waals surface area (Å²) in [4.78, 5) is 27.3. The molecule has 0 N–H and O–H groups in total. The molecule has 0 aliphatic carbocycles. The molecule has 5 nitrogen and oxygen atoms in total. The Balaban J connectivity index is 1.21. The lowest BCUT2D eigenvalue weighted by atomic mass is 9.96. The molecule has 0 bridgehead atoms. The number of benzene rings is 1. The van der Waals surface area contributed by atoms with Gasteiger partial charge in [0.05, 0.1) is 19.3 Å². The van der Waals surface area contributed by atoms with Crippen LogP contribution in [0.4, 0.5) is 4.39 Å². The summed E-state index contributed by atoms with van der Waals surface area (Å²) in [6.07, 6.45) is 7.74. The third-order valence-corrected chi connectivity index (χ3v) is 8.01. The van der Waals surface area contributed by atoms with E-state index >= 15 is 0 Å². The lowest BCUT2D eigenvalue weighted by Gasteiger charge is -2.21. The Kier molecular flexibility index (Phi) is 8.74. The van der Waals surface area contributed by atoms with Crippen LogP contribution in [0.3, 0.4) is 0 Å². The zero-order valence-electron chi connectivity index (χ0n) is 20.4. The van der Waals surface area contributed by atoms with Gasteiger partial charge in [0, 0.05) is 17.8 Å². The van der Waals surface area contributed by atoms with E-state index in [9.17, 15) is 14.0 Å². The highest BCUT2D eigenvalue weighted by molar-refractivity contribution is 7.13. The Labute approximate surface area is 210 Å². The summed E-state index contributed by atoms with van der Waals surface area (Å²) >= 11 is 1.40. The van der Waals surface area contributed by atoms with Crippen molar-refractivity contribution >= 4 is 23.2 Å². The van der Waals surface area contributed by atoms with E-state index in [1.807, 2.05) is 24.3 Å². The van der Waals surface area contributed by atoms with Crippen LogP contribution in [0.5, 0.6) is 0 Å². The largest absolute Gasteiger partial charge is 0.465 e. The average molecular weight is 500 g/mol. The molecule has 1 amide bonds. The van der Waals surface area contributed by atoms with Gasteiger partial charge in [-0.3, -0.25) is 4.79 Å². The van der Waals surface area contributed by atoms with E-state index in [1.165, 1.54) is 24.0 Å². The van der Waals surface area contributed by atoms with Gasteiger partial charge in [-0.2, -0.15) is 0 Å². The molecule has 2 saturated heterocycles. The highest BCUT2D eigenvalue weighted by Crippen LogP contribution is 2.34.